The average Bonchev–Trinajstić information content (AvgIpc) is 2.98. The second-order valence-corrected chi connectivity index (χ2v) is 6.40. The van der Waals surface area contributed by atoms with Gasteiger partial charge in [0.15, 0.2) is 0 Å². The van der Waals surface area contributed by atoms with Gasteiger partial charge in [0.05, 0.1) is 0 Å². The quantitative estimate of drug-likeness (QED) is 0.865. The maximum atomic E-state index is 12.4. The van der Waals surface area contributed by atoms with Crippen molar-refractivity contribution in [3.05, 3.63) is 40.4 Å². The van der Waals surface area contributed by atoms with E-state index in [0.717, 1.165) is 24.0 Å². The molecular formula is C15H16ClNO3S. The highest BCUT2D eigenvalue weighted by Gasteiger charge is 2.24. The predicted octanol–water partition coefficient (Wildman–Crippen LogP) is 3.02. The van der Waals surface area contributed by atoms with Gasteiger partial charge in [-0.05, 0) is 35.9 Å². The van der Waals surface area contributed by atoms with Gasteiger partial charge in [0.2, 0.25) is 0 Å². The van der Waals surface area contributed by atoms with Crippen LogP contribution in [0.3, 0.4) is 0 Å². The number of benzene rings is 1. The number of hydrogen-bond acceptors (Lipinski definition) is 3. The molecule has 0 saturated carbocycles. The minimum Gasteiger partial charge on any atom is -0.478 e. The van der Waals surface area contributed by atoms with Crippen LogP contribution in [0, 0.1) is 0 Å². The summed E-state index contributed by atoms with van der Waals surface area (Å²) >= 11 is 7.96. The Morgan fingerprint density at radius 2 is 2.24 bits per heavy atom. The third-order valence-corrected chi connectivity index (χ3v) is 4.90. The predicted molar refractivity (Wildman–Crippen MR) is 85.9 cm³/mol. The molecule has 1 aliphatic heterocycles. The zero-order valence-electron chi connectivity index (χ0n) is 11.6. The smallest absolute Gasteiger partial charge is 0.328 e. The standard InChI is InChI=1S/C15H16ClNO3S/c1-17(12-6-7-21-9-12)15(20)11-3-2-10(13(16)8-11)4-5-14(18)19/h2-5,8,12H,6-7,9H2,1H3,(H,18,19)/b5-4+. The Labute approximate surface area is 132 Å². The van der Waals surface area contributed by atoms with E-state index in [4.69, 9.17) is 16.7 Å². The van der Waals surface area contributed by atoms with Crippen LogP contribution in [0.4, 0.5) is 0 Å². The molecule has 1 aliphatic rings. The molecule has 1 heterocycles. The Bertz CT molecular complexity index is 582. The number of carboxylic acid groups (broad SMARTS) is 1. The first-order valence-corrected chi connectivity index (χ1v) is 8.08. The molecule has 1 unspecified atom stereocenters. The fourth-order valence-corrected chi connectivity index (χ4v) is 3.66. The second kappa shape index (κ2) is 7.00. The van der Waals surface area contributed by atoms with E-state index in [0.29, 0.717) is 16.1 Å². The molecule has 2 rings (SSSR count). The van der Waals surface area contributed by atoms with Gasteiger partial charge in [0, 0.05) is 35.5 Å². The van der Waals surface area contributed by atoms with E-state index in [1.807, 2.05) is 18.8 Å². The molecule has 1 fully saturated rings. The summed E-state index contributed by atoms with van der Waals surface area (Å²) in [6.45, 7) is 0. The number of nitrogens with zero attached hydrogens (tertiary/aromatic N) is 1. The molecule has 0 radical (unpaired) electrons. The van der Waals surface area contributed by atoms with Gasteiger partial charge in [-0.2, -0.15) is 11.8 Å². The maximum absolute atomic E-state index is 12.4. The van der Waals surface area contributed by atoms with Gasteiger partial charge in [0.25, 0.3) is 5.91 Å². The molecule has 1 N–H and O–H groups in total. The first kappa shape index (κ1) is 15.9. The summed E-state index contributed by atoms with van der Waals surface area (Å²) in [5.41, 5.74) is 1.10. The molecule has 1 aromatic rings. The SMILES string of the molecule is CN(C(=O)c1ccc(/C=C/C(=O)O)c(Cl)c1)C1CCSC1. The highest BCUT2D eigenvalue weighted by molar-refractivity contribution is 7.99. The Morgan fingerprint density at radius 3 is 2.81 bits per heavy atom. The molecule has 112 valence electrons. The lowest BCUT2D eigenvalue weighted by atomic mass is 10.1. The summed E-state index contributed by atoms with van der Waals surface area (Å²) < 4.78 is 0. The lowest BCUT2D eigenvalue weighted by molar-refractivity contribution is -0.131. The van der Waals surface area contributed by atoms with Gasteiger partial charge in [-0.25, -0.2) is 4.79 Å². The van der Waals surface area contributed by atoms with E-state index >= 15 is 0 Å². The molecule has 4 nitrogen and oxygen atoms in total. The van der Waals surface area contributed by atoms with E-state index in [9.17, 15) is 9.59 Å². The summed E-state index contributed by atoms with van der Waals surface area (Å²) in [5, 5.41) is 8.98. The van der Waals surface area contributed by atoms with Gasteiger partial charge < -0.3 is 10.0 Å². The van der Waals surface area contributed by atoms with Crippen LogP contribution in [-0.2, 0) is 4.79 Å². The molecule has 0 aliphatic carbocycles. The molecule has 6 heteroatoms. The number of aliphatic carboxylic acids is 1. The van der Waals surface area contributed by atoms with Gasteiger partial charge in [-0.3, -0.25) is 4.79 Å². The Kier molecular flexibility index (Phi) is 5.31. The van der Waals surface area contributed by atoms with Gasteiger partial charge in [0.1, 0.15) is 0 Å². The number of carbonyl (C=O) groups is 2. The van der Waals surface area contributed by atoms with Crippen molar-refractivity contribution < 1.29 is 14.7 Å². The Hall–Kier alpha value is -1.46. The second-order valence-electron chi connectivity index (χ2n) is 4.84. The highest BCUT2D eigenvalue weighted by atomic mass is 35.5. The molecule has 1 aromatic carbocycles. The normalized spacial score (nSPS) is 18.1. The molecule has 1 amide bonds. The minimum atomic E-state index is -1.04. The summed E-state index contributed by atoms with van der Waals surface area (Å²) in [6, 6.07) is 5.19. The van der Waals surface area contributed by atoms with E-state index < -0.39 is 5.97 Å². The molecule has 0 bridgehead atoms. The van der Waals surface area contributed by atoms with Gasteiger partial charge >= 0.3 is 5.97 Å². The third kappa shape index (κ3) is 4.02. The van der Waals surface area contributed by atoms with Crippen molar-refractivity contribution in [2.45, 2.75) is 12.5 Å². The van der Waals surface area contributed by atoms with Gasteiger partial charge in [-0.1, -0.05) is 17.7 Å². The zero-order valence-corrected chi connectivity index (χ0v) is 13.2. The first-order valence-electron chi connectivity index (χ1n) is 6.54. The number of rotatable bonds is 4. The van der Waals surface area contributed by atoms with Crippen molar-refractivity contribution in [3.63, 3.8) is 0 Å². The number of thioether (sulfide) groups is 1. The van der Waals surface area contributed by atoms with Crippen molar-refractivity contribution in [2.75, 3.05) is 18.6 Å². The lowest BCUT2D eigenvalue weighted by Crippen LogP contribution is -2.36. The molecule has 0 spiro atoms. The minimum absolute atomic E-state index is 0.0573. The first-order chi connectivity index (χ1) is 9.99. The Balaban J connectivity index is 2.15. The fraction of sp³-hybridized carbons (Fsp3) is 0.333. The Morgan fingerprint density at radius 1 is 1.48 bits per heavy atom. The zero-order chi connectivity index (χ0) is 15.4. The van der Waals surface area contributed by atoms with Crippen molar-refractivity contribution in [1.29, 1.82) is 0 Å². The summed E-state index contributed by atoms with van der Waals surface area (Å²) in [6.07, 6.45) is 3.45. The number of carbonyl (C=O) groups excluding carboxylic acids is 1. The van der Waals surface area contributed by atoms with Crippen LogP contribution in [0.1, 0.15) is 22.3 Å². The average molecular weight is 326 g/mol. The molecule has 0 aromatic heterocycles. The molecule has 1 saturated heterocycles. The summed E-state index contributed by atoms with van der Waals surface area (Å²) in [7, 11) is 1.81. The van der Waals surface area contributed by atoms with Crippen LogP contribution in [0.2, 0.25) is 5.02 Å². The number of hydrogen-bond donors (Lipinski definition) is 1. The van der Waals surface area contributed by atoms with Gasteiger partial charge in [-0.15, -0.1) is 0 Å². The largest absolute Gasteiger partial charge is 0.478 e. The molecule has 1 atom stereocenters. The third-order valence-electron chi connectivity index (χ3n) is 3.43. The van der Waals surface area contributed by atoms with Crippen molar-refractivity contribution >= 4 is 41.3 Å². The van der Waals surface area contributed by atoms with Crippen molar-refractivity contribution in [1.82, 2.24) is 4.90 Å². The van der Waals surface area contributed by atoms with E-state index in [1.165, 1.54) is 6.08 Å². The summed E-state index contributed by atoms with van der Waals surface area (Å²) in [5.74, 6) is 0.958. The monoisotopic (exact) mass is 325 g/mol. The van der Waals surface area contributed by atoms with Crippen LogP contribution in [0.25, 0.3) is 6.08 Å². The van der Waals surface area contributed by atoms with Crippen LogP contribution in [0.15, 0.2) is 24.3 Å². The number of amides is 1. The van der Waals surface area contributed by atoms with E-state index in [-0.39, 0.29) is 11.9 Å². The van der Waals surface area contributed by atoms with E-state index in [1.54, 1.807) is 23.1 Å². The fourth-order valence-electron chi connectivity index (χ4n) is 2.15. The van der Waals surface area contributed by atoms with Crippen molar-refractivity contribution in [3.8, 4) is 0 Å². The maximum Gasteiger partial charge on any atom is 0.328 e. The van der Waals surface area contributed by atoms with Crippen LogP contribution >= 0.6 is 23.4 Å². The molecular weight excluding hydrogens is 310 g/mol. The molecule has 21 heavy (non-hydrogen) atoms. The highest BCUT2D eigenvalue weighted by Crippen LogP contribution is 2.24. The van der Waals surface area contributed by atoms with Crippen molar-refractivity contribution in [2.24, 2.45) is 0 Å². The van der Waals surface area contributed by atoms with Crippen LogP contribution in [0.5, 0.6) is 0 Å². The van der Waals surface area contributed by atoms with Crippen LogP contribution in [-0.4, -0.2) is 46.5 Å². The lowest BCUT2D eigenvalue weighted by Gasteiger charge is -2.24. The number of halogens is 1. The summed E-state index contributed by atoms with van der Waals surface area (Å²) in [4.78, 5) is 24.7. The topological polar surface area (TPSA) is 57.6 Å². The number of carboxylic acids is 1. The van der Waals surface area contributed by atoms with Crippen LogP contribution < -0.4 is 0 Å². The van der Waals surface area contributed by atoms with E-state index in [2.05, 4.69) is 0 Å².